The highest BCUT2D eigenvalue weighted by molar-refractivity contribution is 6.08. The molecule has 1 aromatic carbocycles. The first-order valence-electron chi connectivity index (χ1n) is 9.07. The summed E-state index contributed by atoms with van der Waals surface area (Å²) in [4.78, 5) is 20.4. The minimum Gasteiger partial charge on any atom is -0.502 e. The number of nitrogens with zero attached hydrogens (tertiary/aromatic N) is 3. The van der Waals surface area contributed by atoms with Gasteiger partial charge < -0.3 is 14.6 Å². The lowest BCUT2D eigenvalue weighted by molar-refractivity contribution is 0.0947. The van der Waals surface area contributed by atoms with Gasteiger partial charge in [0, 0.05) is 43.2 Å². The number of amides is 1. The van der Waals surface area contributed by atoms with Crippen molar-refractivity contribution in [1.29, 1.82) is 0 Å². The third-order valence-corrected chi connectivity index (χ3v) is 4.95. The van der Waals surface area contributed by atoms with Crippen molar-refractivity contribution in [3.63, 3.8) is 0 Å². The fraction of sp³-hybridized carbons (Fsp3) is 0.286. The van der Waals surface area contributed by atoms with E-state index in [1.807, 2.05) is 29.8 Å². The Labute approximate surface area is 161 Å². The second-order valence-corrected chi connectivity index (χ2v) is 6.69. The van der Waals surface area contributed by atoms with Crippen LogP contribution >= 0.6 is 0 Å². The molecule has 3 heterocycles. The van der Waals surface area contributed by atoms with Crippen LogP contribution in [0.3, 0.4) is 0 Å². The number of aryl methyl sites for hydroxylation is 1. The molecule has 0 saturated heterocycles. The smallest absolute Gasteiger partial charge is 0.253 e. The number of carbonyl (C=O) groups excluding carboxylic acids is 1. The Morgan fingerprint density at radius 3 is 3.00 bits per heavy atom. The SMILES string of the molecule is [C-]#[N+]c1ccc(Cc2ccc3c4c(n(C)c3n2)CCNC4=O)cc1OCCF. The molecule has 0 unspecified atom stereocenters. The average Bonchev–Trinajstić information content (AvgIpc) is 3.00. The Bertz CT molecular complexity index is 1110. The van der Waals surface area contributed by atoms with Crippen molar-refractivity contribution in [2.75, 3.05) is 19.8 Å². The zero-order valence-corrected chi connectivity index (χ0v) is 15.5. The Hall–Kier alpha value is -3.40. The van der Waals surface area contributed by atoms with Gasteiger partial charge in [0.05, 0.1) is 12.1 Å². The van der Waals surface area contributed by atoms with Crippen LogP contribution in [0, 0.1) is 6.57 Å². The number of alkyl halides is 1. The van der Waals surface area contributed by atoms with E-state index in [2.05, 4.69) is 10.2 Å². The van der Waals surface area contributed by atoms with E-state index < -0.39 is 6.67 Å². The average molecular weight is 378 g/mol. The lowest BCUT2D eigenvalue weighted by atomic mass is 10.0. The molecule has 0 aliphatic carbocycles. The highest BCUT2D eigenvalue weighted by Crippen LogP contribution is 2.30. The highest BCUT2D eigenvalue weighted by atomic mass is 19.1. The maximum absolute atomic E-state index is 12.4. The quantitative estimate of drug-likeness (QED) is 0.693. The number of carbonyl (C=O) groups is 1. The maximum atomic E-state index is 12.4. The summed E-state index contributed by atoms with van der Waals surface area (Å²) in [5.41, 5.74) is 4.63. The largest absolute Gasteiger partial charge is 0.502 e. The summed E-state index contributed by atoms with van der Waals surface area (Å²) < 4.78 is 19.8. The number of pyridine rings is 1. The van der Waals surface area contributed by atoms with Crippen molar-refractivity contribution in [2.45, 2.75) is 12.8 Å². The van der Waals surface area contributed by atoms with E-state index >= 15 is 0 Å². The van der Waals surface area contributed by atoms with Gasteiger partial charge in [-0.1, -0.05) is 12.1 Å². The van der Waals surface area contributed by atoms with Gasteiger partial charge in [0.25, 0.3) is 5.91 Å². The van der Waals surface area contributed by atoms with E-state index in [-0.39, 0.29) is 12.5 Å². The molecule has 3 aromatic rings. The van der Waals surface area contributed by atoms with E-state index in [9.17, 15) is 9.18 Å². The number of benzene rings is 1. The number of nitrogens with one attached hydrogen (secondary N) is 1. The monoisotopic (exact) mass is 378 g/mol. The highest BCUT2D eigenvalue weighted by Gasteiger charge is 2.25. The van der Waals surface area contributed by atoms with Gasteiger partial charge in [0.15, 0.2) is 0 Å². The van der Waals surface area contributed by atoms with Crippen LogP contribution in [0.2, 0.25) is 0 Å². The fourth-order valence-electron chi connectivity index (χ4n) is 3.65. The lowest BCUT2D eigenvalue weighted by Gasteiger charge is -2.13. The van der Waals surface area contributed by atoms with Crippen molar-refractivity contribution in [3.8, 4) is 5.75 Å². The lowest BCUT2D eigenvalue weighted by Crippen LogP contribution is -2.32. The predicted molar refractivity (Wildman–Crippen MR) is 104 cm³/mol. The normalized spacial score (nSPS) is 13.1. The van der Waals surface area contributed by atoms with E-state index in [1.54, 1.807) is 12.1 Å². The topological polar surface area (TPSA) is 60.5 Å². The summed E-state index contributed by atoms with van der Waals surface area (Å²) in [5, 5.41) is 3.74. The van der Waals surface area contributed by atoms with Crippen LogP contribution in [0.15, 0.2) is 30.3 Å². The van der Waals surface area contributed by atoms with Gasteiger partial charge in [0.1, 0.15) is 24.7 Å². The molecule has 4 rings (SSSR count). The van der Waals surface area contributed by atoms with Gasteiger partial charge in [-0.15, -0.1) is 0 Å². The second kappa shape index (κ2) is 7.31. The van der Waals surface area contributed by atoms with Crippen molar-refractivity contribution in [3.05, 3.63) is 64.3 Å². The summed E-state index contributed by atoms with van der Waals surface area (Å²) >= 11 is 0. The minimum atomic E-state index is -0.606. The number of fused-ring (bicyclic) bond motifs is 3. The van der Waals surface area contributed by atoms with Gasteiger partial charge in [-0.2, -0.15) is 0 Å². The molecule has 0 atom stereocenters. The van der Waals surface area contributed by atoms with E-state index in [4.69, 9.17) is 16.3 Å². The second-order valence-electron chi connectivity index (χ2n) is 6.69. The summed E-state index contributed by atoms with van der Waals surface area (Å²) in [7, 11) is 1.93. The molecule has 2 aromatic heterocycles. The van der Waals surface area contributed by atoms with Crippen molar-refractivity contribution in [2.24, 2.45) is 7.05 Å². The van der Waals surface area contributed by atoms with E-state index in [0.29, 0.717) is 30.0 Å². The molecule has 7 heteroatoms. The van der Waals surface area contributed by atoms with Crippen molar-refractivity contribution in [1.82, 2.24) is 14.9 Å². The molecule has 0 spiro atoms. The van der Waals surface area contributed by atoms with Crippen LogP contribution in [0.1, 0.15) is 27.3 Å². The van der Waals surface area contributed by atoms with Gasteiger partial charge in [-0.25, -0.2) is 14.2 Å². The molecule has 6 nitrogen and oxygen atoms in total. The van der Waals surface area contributed by atoms with Gasteiger partial charge in [0.2, 0.25) is 5.69 Å². The van der Waals surface area contributed by atoms with Crippen LogP contribution in [0.25, 0.3) is 15.9 Å². The van der Waals surface area contributed by atoms with Crippen molar-refractivity contribution >= 4 is 22.6 Å². The zero-order valence-electron chi connectivity index (χ0n) is 15.5. The Kier molecular flexibility index (Phi) is 4.70. The standard InChI is InChI=1S/C21H19FN4O2/c1-23-16-6-3-13(12-18(16)28-10-8-22)11-14-4-5-15-19-17(7-9-24-21(19)27)26(2)20(15)25-14/h3-6,12H,7-11H2,2H3,(H,24,27). The number of aromatic nitrogens is 2. The van der Waals surface area contributed by atoms with Crippen LogP contribution in [0.5, 0.6) is 5.75 Å². The van der Waals surface area contributed by atoms with Crippen LogP contribution in [0.4, 0.5) is 10.1 Å². The number of hydrogen-bond donors (Lipinski definition) is 1. The predicted octanol–water partition coefficient (Wildman–Crippen LogP) is 3.35. The fourth-order valence-corrected chi connectivity index (χ4v) is 3.65. The minimum absolute atomic E-state index is 0.0502. The molecular formula is C21H19FN4O2. The van der Waals surface area contributed by atoms with Gasteiger partial charge in [-0.05, 0) is 23.8 Å². The molecule has 0 saturated carbocycles. The summed E-state index contributed by atoms with van der Waals surface area (Å²) in [6.45, 7) is 7.16. The summed E-state index contributed by atoms with van der Waals surface area (Å²) in [6.07, 6.45) is 1.33. The Morgan fingerprint density at radius 2 is 2.21 bits per heavy atom. The molecule has 28 heavy (non-hydrogen) atoms. The van der Waals surface area contributed by atoms with E-state index in [1.165, 1.54) is 0 Å². The number of hydrogen-bond acceptors (Lipinski definition) is 3. The first-order valence-corrected chi connectivity index (χ1v) is 9.07. The first-order chi connectivity index (χ1) is 13.6. The van der Waals surface area contributed by atoms with Crippen molar-refractivity contribution < 1.29 is 13.9 Å². The Balaban J connectivity index is 1.68. The molecule has 1 N–H and O–H groups in total. The Morgan fingerprint density at radius 1 is 1.36 bits per heavy atom. The maximum Gasteiger partial charge on any atom is 0.253 e. The van der Waals surface area contributed by atoms with Gasteiger partial charge in [-0.3, -0.25) is 4.79 Å². The molecule has 0 radical (unpaired) electrons. The molecule has 1 aliphatic rings. The first kappa shape index (κ1) is 18.0. The van der Waals surface area contributed by atoms with Crippen LogP contribution < -0.4 is 10.1 Å². The zero-order chi connectivity index (χ0) is 19.7. The number of halogens is 1. The molecular weight excluding hydrogens is 359 g/mol. The number of ether oxygens (including phenoxy) is 1. The summed E-state index contributed by atoms with van der Waals surface area (Å²) in [6, 6.07) is 9.15. The molecule has 0 fully saturated rings. The summed E-state index contributed by atoms with van der Waals surface area (Å²) in [5.74, 6) is 0.336. The molecule has 142 valence electrons. The van der Waals surface area contributed by atoms with Gasteiger partial charge >= 0.3 is 0 Å². The number of rotatable bonds is 5. The molecule has 0 bridgehead atoms. The third-order valence-electron chi connectivity index (χ3n) is 4.95. The third kappa shape index (κ3) is 3.07. The van der Waals surface area contributed by atoms with E-state index in [0.717, 1.165) is 34.4 Å². The molecule has 1 aliphatic heterocycles. The van der Waals surface area contributed by atoms with Crippen LogP contribution in [-0.2, 0) is 19.9 Å². The van der Waals surface area contributed by atoms with Crippen LogP contribution in [-0.4, -0.2) is 35.3 Å². The molecule has 1 amide bonds.